The van der Waals surface area contributed by atoms with Crippen molar-refractivity contribution in [2.75, 3.05) is 17.2 Å². The molecule has 0 aliphatic carbocycles. The largest absolute Gasteiger partial charge is 0.357 e. The number of hydrogen-bond donors (Lipinski definition) is 3. The van der Waals surface area contributed by atoms with E-state index in [0.717, 1.165) is 28.7 Å². The lowest BCUT2D eigenvalue weighted by Gasteiger charge is -2.32. The zero-order valence-corrected chi connectivity index (χ0v) is 21.2. The van der Waals surface area contributed by atoms with Gasteiger partial charge >= 0.3 is 0 Å². The van der Waals surface area contributed by atoms with Crippen LogP contribution < -0.4 is 10.6 Å². The molecule has 0 saturated carbocycles. The summed E-state index contributed by atoms with van der Waals surface area (Å²) in [6.07, 6.45) is 2.81. The topological polar surface area (TPSA) is 125 Å². The Balaban J connectivity index is 1.47. The first-order valence-corrected chi connectivity index (χ1v) is 12.7. The number of carbonyl (C=O) groups is 3. The van der Waals surface area contributed by atoms with E-state index in [1.165, 1.54) is 12.1 Å². The minimum atomic E-state index is -0.489. The second-order valence-electron chi connectivity index (χ2n) is 8.85. The van der Waals surface area contributed by atoms with Crippen molar-refractivity contribution in [2.24, 2.45) is 0 Å². The van der Waals surface area contributed by atoms with E-state index < -0.39 is 11.8 Å². The van der Waals surface area contributed by atoms with Crippen LogP contribution in [0.1, 0.15) is 50.6 Å². The molecule has 0 radical (unpaired) electrons. The molecular formula is C26H24FN7O3S. The minimum Gasteiger partial charge on any atom is -0.357 e. The van der Waals surface area contributed by atoms with Gasteiger partial charge in [0.2, 0.25) is 5.91 Å². The molecule has 0 bridgehead atoms. The highest BCUT2D eigenvalue weighted by Crippen LogP contribution is 2.32. The summed E-state index contributed by atoms with van der Waals surface area (Å²) in [5.74, 6) is -1.25. The van der Waals surface area contributed by atoms with Crippen molar-refractivity contribution in [3.05, 3.63) is 94.7 Å². The fourth-order valence-electron chi connectivity index (χ4n) is 4.47. The number of aromatic nitrogens is 4. The predicted octanol–water partition coefficient (Wildman–Crippen LogP) is 3.99. The Labute approximate surface area is 221 Å². The van der Waals surface area contributed by atoms with Crippen LogP contribution in [0.25, 0.3) is 0 Å². The molecule has 1 aliphatic heterocycles. The Bertz CT molecular complexity index is 1510. The van der Waals surface area contributed by atoms with E-state index in [9.17, 15) is 18.8 Å². The van der Waals surface area contributed by atoms with Crippen molar-refractivity contribution >= 4 is 40.0 Å². The fraction of sp³-hybridized carbons (Fsp3) is 0.192. The van der Waals surface area contributed by atoms with Gasteiger partial charge in [0.25, 0.3) is 11.8 Å². The third-order valence-electron chi connectivity index (χ3n) is 6.14. The molecular weight excluding hydrogens is 509 g/mol. The summed E-state index contributed by atoms with van der Waals surface area (Å²) >= 11 is 1.15. The van der Waals surface area contributed by atoms with E-state index in [4.69, 9.17) is 0 Å². The number of benzene rings is 1. The van der Waals surface area contributed by atoms with Crippen molar-refractivity contribution in [3.63, 3.8) is 0 Å². The highest BCUT2D eigenvalue weighted by Gasteiger charge is 2.34. The van der Waals surface area contributed by atoms with E-state index in [2.05, 4.69) is 32.3 Å². The van der Waals surface area contributed by atoms with Gasteiger partial charge in [-0.15, -0.1) is 11.3 Å². The van der Waals surface area contributed by atoms with Crippen molar-refractivity contribution < 1.29 is 18.8 Å². The number of fused-ring (bicyclic) bond motifs is 1. The van der Waals surface area contributed by atoms with Crippen molar-refractivity contribution in [1.29, 1.82) is 0 Å². The maximum Gasteiger partial charge on any atom is 0.278 e. The number of thiazole rings is 1. The molecule has 3 N–H and O–H groups in total. The summed E-state index contributed by atoms with van der Waals surface area (Å²) in [7, 11) is 0. The van der Waals surface area contributed by atoms with Gasteiger partial charge in [-0.25, -0.2) is 9.37 Å². The molecule has 0 fully saturated rings. The quantitative estimate of drug-likeness (QED) is 0.310. The second-order valence-corrected chi connectivity index (χ2v) is 9.71. The number of nitrogens with one attached hydrogen (secondary N) is 3. The van der Waals surface area contributed by atoms with Gasteiger partial charge in [0.1, 0.15) is 17.3 Å². The molecule has 1 aliphatic rings. The Morgan fingerprint density at radius 3 is 2.74 bits per heavy atom. The van der Waals surface area contributed by atoms with Crippen LogP contribution in [0.5, 0.6) is 0 Å². The van der Waals surface area contributed by atoms with E-state index in [-0.39, 0.29) is 40.8 Å². The zero-order chi connectivity index (χ0) is 26.8. The van der Waals surface area contributed by atoms with Gasteiger partial charge in [-0.05, 0) is 35.9 Å². The van der Waals surface area contributed by atoms with E-state index in [1.54, 1.807) is 45.4 Å². The summed E-state index contributed by atoms with van der Waals surface area (Å²) in [6.45, 7) is 6.36. The molecule has 1 aromatic carbocycles. The van der Waals surface area contributed by atoms with E-state index in [0.29, 0.717) is 24.3 Å². The third kappa shape index (κ3) is 5.11. The molecule has 0 spiro atoms. The first kappa shape index (κ1) is 25.1. The highest BCUT2D eigenvalue weighted by molar-refractivity contribution is 7.14. The predicted molar refractivity (Wildman–Crippen MR) is 141 cm³/mol. The average molecular weight is 534 g/mol. The summed E-state index contributed by atoms with van der Waals surface area (Å²) in [6, 6.07) is 9.57. The summed E-state index contributed by atoms with van der Waals surface area (Å²) < 4.78 is 15.2. The monoisotopic (exact) mass is 533 g/mol. The highest BCUT2D eigenvalue weighted by atomic mass is 32.1. The number of nitrogens with zero attached hydrogens (tertiary/aromatic N) is 4. The normalized spacial score (nSPS) is 14.6. The van der Waals surface area contributed by atoms with Crippen LogP contribution in [0.3, 0.4) is 0 Å². The van der Waals surface area contributed by atoms with Gasteiger partial charge < -0.3 is 15.2 Å². The first-order valence-electron chi connectivity index (χ1n) is 11.8. The maximum atomic E-state index is 13.5. The van der Waals surface area contributed by atoms with Crippen LogP contribution in [-0.4, -0.2) is 48.9 Å². The maximum absolute atomic E-state index is 13.5. The lowest BCUT2D eigenvalue weighted by Crippen LogP contribution is -2.38. The SMILES string of the molecule is C=CC(=O)Nc1csc(NC(=O)c2nn(Cc3ccc(F)cc3)c3c2CN(C(=O)c2ccc[nH]2)CC3C)n1. The first-order chi connectivity index (χ1) is 18.3. The lowest BCUT2D eigenvalue weighted by molar-refractivity contribution is -0.111. The molecule has 12 heteroatoms. The van der Waals surface area contributed by atoms with Crippen molar-refractivity contribution in [2.45, 2.75) is 25.9 Å². The Hall–Kier alpha value is -4.58. The number of anilines is 2. The summed E-state index contributed by atoms with van der Waals surface area (Å²) in [5, 5.41) is 11.8. The van der Waals surface area contributed by atoms with Crippen molar-refractivity contribution in [3.8, 4) is 0 Å². The number of hydrogen-bond acceptors (Lipinski definition) is 6. The van der Waals surface area contributed by atoms with Gasteiger partial charge in [-0.2, -0.15) is 5.10 Å². The van der Waals surface area contributed by atoms with Gasteiger partial charge in [0.15, 0.2) is 10.8 Å². The van der Waals surface area contributed by atoms with E-state index >= 15 is 0 Å². The second kappa shape index (κ2) is 10.4. The van der Waals surface area contributed by atoms with Crippen molar-refractivity contribution in [1.82, 2.24) is 24.6 Å². The van der Waals surface area contributed by atoms with Gasteiger partial charge in [0, 0.05) is 35.3 Å². The number of halogens is 1. The smallest absolute Gasteiger partial charge is 0.278 e. The molecule has 1 unspecified atom stereocenters. The molecule has 3 aromatic heterocycles. The molecule has 5 rings (SSSR count). The molecule has 4 aromatic rings. The van der Waals surface area contributed by atoms with Crippen LogP contribution in [0.4, 0.5) is 15.3 Å². The molecule has 10 nitrogen and oxygen atoms in total. The van der Waals surface area contributed by atoms with Crippen LogP contribution in [0.2, 0.25) is 0 Å². The summed E-state index contributed by atoms with van der Waals surface area (Å²) in [4.78, 5) is 46.9. The average Bonchev–Trinajstić information content (AvgIpc) is 3.66. The van der Waals surface area contributed by atoms with Crippen LogP contribution in [0.15, 0.2) is 60.6 Å². The number of amides is 3. The number of carbonyl (C=O) groups excluding carboxylic acids is 3. The molecule has 3 amide bonds. The number of rotatable bonds is 7. The molecule has 194 valence electrons. The van der Waals surface area contributed by atoms with Crippen LogP contribution in [-0.2, 0) is 17.9 Å². The molecule has 0 saturated heterocycles. The molecule has 4 heterocycles. The third-order valence-corrected chi connectivity index (χ3v) is 6.90. The summed E-state index contributed by atoms with van der Waals surface area (Å²) in [5.41, 5.74) is 2.93. The van der Waals surface area contributed by atoms with Gasteiger partial charge in [-0.1, -0.05) is 25.6 Å². The van der Waals surface area contributed by atoms with Gasteiger partial charge in [-0.3, -0.25) is 24.4 Å². The zero-order valence-electron chi connectivity index (χ0n) is 20.4. The minimum absolute atomic E-state index is 0.118. The number of aromatic amines is 1. The molecule has 38 heavy (non-hydrogen) atoms. The van der Waals surface area contributed by atoms with Crippen LogP contribution in [0, 0.1) is 5.82 Å². The molecule has 1 atom stereocenters. The van der Waals surface area contributed by atoms with Crippen LogP contribution >= 0.6 is 11.3 Å². The number of H-pyrrole nitrogens is 1. The van der Waals surface area contributed by atoms with E-state index in [1.807, 2.05) is 6.92 Å². The standard InChI is InChI=1S/C26H24FN7O3S/c1-3-21(35)29-20-14-38-26(30-20)31-24(36)22-18-13-33(25(37)19-5-4-10-28-19)11-15(2)23(18)34(32-22)12-16-6-8-17(27)9-7-16/h3-10,14-15,28H,1,11-13H2,2H3,(H,29,35)(H,30,31,36). The van der Waals surface area contributed by atoms with Gasteiger partial charge in [0.05, 0.1) is 13.1 Å². The Morgan fingerprint density at radius 2 is 2.03 bits per heavy atom. The fourth-order valence-corrected chi connectivity index (χ4v) is 5.11. The Kier molecular flexibility index (Phi) is 6.88. The Morgan fingerprint density at radius 1 is 1.24 bits per heavy atom. The lowest BCUT2D eigenvalue weighted by atomic mass is 9.95.